The maximum atomic E-state index is 10.0. The molecule has 0 bridgehead atoms. The predicted molar refractivity (Wildman–Crippen MR) is 126 cm³/mol. The van der Waals surface area contributed by atoms with Gasteiger partial charge in [0.15, 0.2) is 0 Å². The summed E-state index contributed by atoms with van der Waals surface area (Å²) < 4.78 is 0. The molecule has 3 saturated carbocycles. The van der Waals surface area contributed by atoms with Crippen molar-refractivity contribution in [2.75, 3.05) is 0 Å². The maximum Gasteiger partial charge on any atom is 0.0583 e. The zero-order valence-corrected chi connectivity index (χ0v) is 19.6. The van der Waals surface area contributed by atoms with E-state index < -0.39 is 0 Å². The minimum atomic E-state index is -0.182. The SMILES string of the molecule is C=C1CC[C@H](O)C/C1=C\C=C1/CCC[C@@]2(C)C1CC[C@@H]2[C@@H](C)/C=C/[C@H](C)C(C)C. The molecule has 3 fully saturated rings. The van der Waals surface area contributed by atoms with E-state index in [-0.39, 0.29) is 6.10 Å². The molecule has 0 aromatic carbocycles. The molecule has 0 heterocycles. The molecule has 3 rings (SSSR count). The third-order valence-electron chi connectivity index (χ3n) is 8.63. The third-order valence-corrected chi connectivity index (χ3v) is 8.63. The van der Waals surface area contributed by atoms with Crippen LogP contribution in [0.4, 0.5) is 0 Å². The molecule has 6 atom stereocenters. The number of aliphatic hydroxyl groups is 1. The van der Waals surface area contributed by atoms with Crippen LogP contribution in [0.25, 0.3) is 0 Å². The smallest absolute Gasteiger partial charge is 0.0583 e. The van der Waals surface area contributed by atoms with E-state index in [1.165, 1.54) is 43.3 Å². The molecule has 0 aromatic heterocycles. The predicted octanol–water partition coefficient (Wildman–Crippen LogP) is 7.64. The second-order valence-electron chi connectivity index (χ2n) is 10.9. The molecule has 3 aliphatic carbocycles. The maximum absolute atomic E-state index is 10.0. The van der Waals surface area contributed by atoms with Gasteiger partial charge in [-0.25, -0.2) is 0 Å². The molecule has 0 saturated heterocycles. The fraction of sp³-hybridized carbons (Fsp3) is 0.714. The van der Waals surface area contributed by atoms with Gasteiger partial charge in [-0.3, -0.25) is 0 Å². The molecular formula is C28H44O. The Bertz CT molecular complexity index is 678. The topological polar surface area (TPSA) is 20.2 Å². The van der Waals surface area contributed by atoms with Crippen LogP contribution in [0.1, 0.15) is 86.0 Å². The Morgan fingerprint density at radius 1 is 1.03 bits per heavy atom. The molecule has 162 valence electrons. The van der Waals surface area contributed by atoms with Crippen LogP contribution in [-0.4, -0.2) is 11.2 Å². The summed E-state index contributed by atoms with van der Waals surface area (Å²) in [7, 11) is 0. The number of hydrogen-bond donors (Lipinski definition) is 1. The highest BCUT2D eigenvalue weighted by Crippen LogP contribution is 2.59. The van der Waals surface area contributed by atoms with Crippen LogP contribution in [0.2, 0.25) is 0 Å². The van der Waals surface area contributed by atoms with Gasteiger partial charge in [0.2, 0.25) is 0 Å². The van der Waals surface area contributed by atoms with Crippen LogP contribution in [0, 0.1) is 35.0 Å². The molecule has 1 N–H and O–H groups in total. The standard InChI is InChI=1S/C28H44O/c1-19(2)20(3)9-10-22(5)26-15-16-27-23(8-7-17-28(26,27)6)12-13-24-18-25(29)14-11-21(24)4/h9-10,12-13,19-20,22,25-27,29H,4,7-8,11,14-18H2,1-3,5-6H3/b10-9+,23-12+,24-13+/t20-,22-,25-,26+,27?,28+/m0/s1. The first kappa shape index (κ1) is 22.6. The minimum Gasteiger partial charge on any atom is -0.393 e. The van der Waals surface area contributed by atoms with E-state index in [9.17, 15) is 5.11 Å². The fourth-order valence-corrected chi connectivity index (χ4v) is 6.25. The molecular weight excluding hydrogens is 352 g/mol. The summed E-state index contributed by atoms with van der Waals surface area (Å²) in [6.45, 7) is 16.3. The second kappa shape index (κ2) is 9.38. The normalized spacial score (nSPS) is 38.2. The zero-order valence-electron chi connectivity index (χ0n) is 19.6. The van der Waals surface area contributed by atoms with E-state index in [4.69, 9.17) is 0 Å². The summed E-state index contributed by atoms with van der Waals surface area (Å²) in [6.07, 6.45) is 18.8. The average Bonchev–Trinajstić information content (AvgIpc) is 3.04. The summed E-state index contributed by atoms with van der Waals surface area (Å²) in [5.74, 6) is 3.58. The van der Waals surface area contributed by atoms with Crippen LogP contribution in [-0.2, 0) is 0 Å². The van der Waals surface area contributed by atoms with E-state index >= 15 is 0 Å². The quantitative estimate of drug-likeness (QED) is 0.473. The van der Waals surface area contributed by atoms with Crippen LogP contribution in [0.15, 0.2) is 47.6 Å². The number of hydrogen-bond acceptors (Lipinski definition) is 1. The monoisotopic (exact) mass is 396 g/mol. The van der Waals surface area contributed by atoms with Crippen molar-refractivity contribution >= 4 is 0 Å². The largest absolute Gasteiger partial charge is 0.393 e. The Morgan fingerprint density at radius 2 is 1.79 bits per heavy atom. The van der Waals surface area contributed by atoms with Gasteiger partial charge < -0.3 is 5.11 Å². The van der Waals surface area contributed by atoms with Gasteiger partial charge >= 0.3 is 0 Å². The first-order valence-electron chi connectivity index (χ1n) is 12.2. The number of rotatable bonds is 5. The van der Waals surface area contributed by atoms with Crippen molar-refractivity contribution in [2.45, 2.75) is 92.1 Å². The molecule has 0 spiro atoms. The second-order valence-corrected chi connectivity index (χ2v) is 10.9. The van der Waals surface area contributed by atoms with Crippen molar-refractivity contribution in [3.05, 3.63) is 47.6 Å². The van der Waals surface area contributed by atoms with E-state index in [1.807, 2.05) is 0 Å². The summed E-state index contributed by atoms with van der Waals surface area (Å²) in [6, 6.07) is 0. The zero-order chi connectivity index (χ0) is 21.2. The van der Waals surface area contributed by atoms with Gasteiger partial charge in [0.1, 0.15) is 0 Å². The molecule has 0 aromatic rings. The van der Waals surface area contributed by atoms with Crippen LogP contribution in [0.3, 0.4) is 0 Å². The number of fused-ring (bicyclic) bond motifs is 1. The van der Waals surface area contributed by atoms with Gasteiger partial charge in [-0.1, -0.05) is 76.6 Å². The lowest BCUT2D eigenvalue weighted by Crippen LogP contribution is -2.35. The van der Waals surface area contributed by atoms with Crippen molar-refractivity contribution in [2.24, 2.45) is 35.0 Å². The highest BCUT2D eigenvalue weighted by atomic mass is 16.3. The van der Waals surface area contributed by atoms with Crippen molar-refractivity contribution in [3.63, 3.8) is 0 Å². The van der Waals surface area contributed by atoms with Crippen molar-refractivity contribution in [3.8, 4) is 0 Å². The third kappa shape index (κ3) is 4.98. The van der Waals surface area contributed by atoms with Gasteiger partial charge in [-0.2, -0.15) is 0 Å². The van der Waals surface area contributed by atoms with Gasteiger partial charge in [-0.15, -0.1) is 0 Å². The Morgan fingerprint density at radius 3 is 2.52 bits per heavy atom. The summed E-state index contributed by atoms with van der Waals surface area (Å²) >= 11 is 0. The Labute approximate surface area is 180 Å². The molecule has 1 nitrogen and oxygen atoms in total. The molecule has 0 amide bonds. The number of aliphatic hydroxyl groups excluding tert-OH is 1. The van der Waals surface area contributed by atoms with Crippen LogP contribution >= 0.6 is 0 Å². The lowest BCUT2D eigenvalue weighted by molar-refractivity contribution is 0.112. The van der Waals surface area contributed by atoms with Crippen molar-refractivity contribution in [1.82, 2.24) is 0 Å². The Balaban J connectivity index is 1.75. The summed E-state index contributed by atoms with van der Waals surface area (Å²) in [5, 5.41) is 10.0. The Kier molecular flexibility index (Phi) is 7.31. The molecule has 1 unspecified atom stereocenters. The first-order valence-corrected chi connectivity index (χ1v) is 12.2. The minimum absolute atomic E-state index is 0.182. The van der Waals surface area contributed by atoms with E-state index in [2.05, 4.69) is 65.5 Å². The van der Waals surface area contributed by atoms with Crippen molar-refractivity contribution < 1.29 is 5.11 Å². The lowest BCUT2D eigenvalue weighted by Gasteiger charge is -2.44. The lowest BCUT2D eigenvalue weighted by atomic mass is 9.61. The fourth-order valence-electron chi connectivity index (χ4n) is 6.25. The van der Waals surface area contributed by atoms with E-state index in [1.54, 1.807) is 5.57 Å². The Hall–Kier alpha value is -1.08. The molecule has 3 aliphatic rings. The van der Waals surface area contributed by atoms with Gasteiger partial charge in [0.25, 0.3) is 0 Å². The average molecular weight is 397 g/mol. The molecule has 29 heavy (non-hydrogen) atoms. The van der Waals surface area contributed by atoms with Gasteiger partial charge in [-0.05, 0) is 91.9 Å². The summed E-state index contributed by atoms with van der Waals surface area (Å²) in [4.78, 5) is 0. The highest BCUT2D eigenvalue weighted by molar-refractivity contribution is 5.36. The number of allylic oxidation sites excluding steroid dienone is 6. The molecule has 0 aliphatic heterocycles. The van der Waals surface area contributed by atoms with Crippen LogP contribution < -0.4 is 0 Å². The van der Waals surface area contributed by atoms with Gasteiger partial charge in [0, 0.05) is 0 Å². The molecule has 0 radical (unpaired) electrons. The van der Waals surface area contributed by atoms with E-state index in [0.717, 1.165) is 37.0 Å². The van der Waals surface area contributed by atoms with E-state index in [0.29, 0.717) is 17.3 Å². The van der Waals surface area contributed by atoms with Crippen molar-refractivity contribution in [1.29, 1.82) is 0 Å². The first-order chi connectivity index (χ1) is 13.7. The van der Waals surface area contributed by atoms with Crippen LogP contribution in [0.5, 0.6) is 0 Å². The highest BCUT2D eigenvalue weighted by Gasteiger charge is 2.50. The summed E-state index contributed by atoms with van der Waals surface area (Å²) in [5.41, 5.74) is 4.61. The molecule has 1 heteroatoms. The van der Waals surface area contributed by atoms with Gasteiger partial charge in [0.05, 0.1) is 6.10 Å².